The summed E-state index contributed by atoms with van der Waals surface area (Å²) in [6, 6.07) is 0.255. The van der Waals surface area contributed by atoms with E-state index in [9.17, 15) is 9.59 Å². The average molecular weight is 285 g/mol. The van der Waals surface area contributed by atoms with Gasteiger partial charge in [0, 0.05) is 24.2 Å². The molecule has 1 rings (SSSR count). The zero-order valence-corrected chi connectivity index (χ0v) is 13.1. The fourth-order valence-corrected chi connectivity index (χ4v) is 2.42. The fourth-order valence-electron chi connectivity index (χ4n) is 2.42. The lowest BCUT2D eigenvalue weighted by Gasteiger charge is -2.39. The largest absolute Gasteiger partial charge is 0.480 e. The van der Waals surface area contributed by atoms with Crippen molar-refractivity contribution in [3.63, 3.8) is 0 Å². The van der Waals surface area contributed by atoms with Gasteiger partial charge in [0.2, 0.25) is 0 Å². The molecule has 0 aromatic carbocycles. The highest BCUT2D eigenvalue weighted by molar-refractivity contribution is 5.81. The van der Waals surface area contributed by atoms with Gasteiger partial charge in [0.15, 0.2) is 0 Å². The van der Waals surface area contributed by atoms with E-state index < -0.39 is 11.5 Å². The second-order valence-corrected chi connectivity index (χ2v) is 6.65. The molecule has 0 bridgehead atoms. The maximum Gasteiger partial charge on any atom is 0.323 e. The minimum Gasteiger partial charge on any atom is -0.480 e. The third-order valence-electron chi connectivity index (χ3n) is 3.88. The zero-order valence-electron chi connectivity index (χ0n) is 13.1. The molecule has 20 heavy (non-hydrogen) atoms. The number of hydrogen-bond donors (Lipinski definition) is 2. The molecule has 2 N–H and O–H groups in total. The lowest BCUT2D eigenvalue weighted by atomic mass is 9.99. The molecule has 2 atom stereocenters. The van der Waals surface area contributed by atoms with Crippen molar-refractivity contribution in [3.05, 3.63) is 0 Å². The number of hydrogen-bond acceptors (Lipinski definition) is 3. The summed E-state index contributed by atoms with van der Waals surface area (Å²) in [4.78, 5) is 26.9. The highest BCUT2D eigenvalue weighted by Crippen LogP contribution is 2.17. The summed E-state index contributed by atoms with van der Waals surface area (Å²) < 4.78 is 0. The Morgan fingerprint density at radius 3 is 2.45 bits per heavy atom. The van der Waals surface area contributed by atoms with Crippen LogP contribution in [0.15, 0.2) is 0 Å². The first-order valence-corrected chi connectivity index (χ1v) is 7.11. The third-order valence-corrected chi connectivity index (χ3v) is 3.88. The molecule has 1 heterocycles. The van der Waals surface area contributed by atoms with Crippen molar-refractivity contribution in [1.82, 2.24) is 15.1 Å². The van der Waals surface area contributed by atoms with Crippen LogP contribution in [-0.2, 0) is 4.79 Å². The summed E-state index contributed by atoms with van der Waals surface area (Å²) >= 11 is 0. The highest BCUT2D eigenvalue weighted by Gasteiger charge is 2.31. The number of nitrogens with zero attached hydrogens (tertiary/aromatic N) is 2. The van der Waals surface area contributed by atoms with Gasteiger partial charge in [-0.3, -0.25) is 4.79 Å². The van der Waals surface area contributed by atoms with Crippen molar-refractivity contribution in [2.24, 2.45) is 0 Å². The number of carbonyl (C=O) groups is 2. The summed E-state index contributed by atoms with van der Waals surface area (Å²) in [6.45, 7) is 8.32. The molecule has 0 aromatic rings. The highest BCUT2D eigenvalue weighted by atomic mass is 16.4. The molecule has 2 amide bonds. The lowest BCUT2D eigenvalue weighted by Crippen LogP contribution is -2.56. The summed E-state index contributed by atoms with van der Waals surface area (Å²) in [6.07, 6.45) is 1.80. The second kappa shape index (κ2) is 6.43. The van der Waals surface area contributed by atoms with Crippen LogP contribution in [0.5, 0.6) is 0 Å². The van der Waals surface area contributed by atoms with Crippen molar-refractivity contribution in [2.45, 2.75) is 58.2 Å². The van der Waals surface area contributed by atoms with Crippen LogP contribution in [0.1, 0.15) is 40.5 Å². The normalized spacial score (nSPS) is 24.2. The number of aliphatic carboxylic acids is 1. The maximum atomic E-state index is 12.3. The first-order chi connectivity index (χ1) is 9.11. The smallest absolute Gasteiger partial charge is 0.323 e. The molecular weight excluding hydrogens is 258 g/mol. The van der Waals surface area contributed by atoms with Crippen LogP contribution in [0.2, 0.25) is 0 Å². The molecule has 1 fully saturated rings. The first kappa shape index (κ1) is 16.8. The summed E-state index contributed by atoms with van der Waals surface area (Å²) in [7, 11) is 2.08. The molecule has 1 saturated heterocycles. The molecule has 6 heteroatoms. The van der Waals surface area contributed by atoms with E-state index in [1.165, 1.54) is 4.90 Å². The number of carboxylic acids is 1. The van der Waals surface area contributed by atoms with Gasteiger partial charge in [0.1, 0.15) is 6.54 Å². The van der Waals surface area contributed by atoms with Crippen LogP contribution in [0, 0.1) is 0 Å². The van der Waals surface area contributed by atoms with Gasteiger partial charge in [0.25, 0.3) is 0 Å². The van der Waals surface area contributed by atoms with Crippen LogP contribution in [-0.4, -0.2) is 64.7 Å². The van der Waals surface area contributed by atoms with E-state index >= 15 is 0 Å². The Kier molecular flexibility index (Phi) is 5.39. The van der Waals surface area contributed by atoms with E-state index in [0.29, 0.717) is 6.04 Å². The number of carboxylic acid groups (broad SMARTS) is 1. The number of piperidine rings is 1. The van der Waals surface area contributed by atoms with Gasteiger partial charge in [-0.2, -0.15) is 0 Å². The van der Waals surface area contributed by atoms with Crippen molar-refractivity contribution in [1.29, 1.82) is 0 Å². The summed E-state index contributed by atoms with van der Waals surface area (Å²) in [5.74, 6) is -0.994. The molecule has 1 aliphatic rings. The quantitative estimate of drug-likeness (QED) is 0.821. The van der Waals surface area contributed by atoms with Crippen LogP contribution in [0.25, 0.3) is 0 Å². The first-order valence-electron chi connectivity index (χ1n) is 7.11. The Bertz CT molecular complexity index is 365. The zero-order chi connectivity index (χ0) is 15.5. The Morgan fingerprint density at radius 2 is 2.00 bits per heavy atom. The van der Waals surface area contributed by atoms with Crippen molar-refractivity contribution >= 4 is 12.0 Å². The van der Waals surface area contributed by atoms with E-state index in [0.717, 1.165) is 19.4 Å². The predicted octanol–water partition coefficient (Wildman–Crippen LogP) is 1.36. The Hall–Kier alpha value is -1.30. The third kappa shape index (κ3) is 4.67. The number of amides is 2. The van der Waals surface area contributed by atoms with E-state index in [1.54, 1.807) is 0 Å². The van der Waals surface area contributed by atoms with Gasteiger partial charge in [-0.1, -0.05) is 0 Å². The number of likely N-dealkylation sites (tertiary alicyclic amines) is 1. The minimum atomic E-state index is -0.994. The van der Waals surface area contributed by atoms with Crippen LogP contribution >= 0.6 is 0 Å². The van der Waals surface area contributed by atoms with E-state index in [1.807, 2.05) is 20.8 Å². The molecule has 6 nitrogen and oxygen atoms in total. The molecule has 1 aliphatic heterocycles. The monoisotopic (exact) mass is 285 g/mol. The molecule has 0 radical (unpaired) electrons. The lowest BCUT2D eigenvalue weighted by molar-refractivity contribution is -0.138. The Balaban J connectivity index is 2.65. The molecular formula is C14H27N3O3. The van der Waals surface area contributed by atoms with Gasteiger partial charge in [-0.25, -0.2) is 4.79 Å². The van der Waals surface area contributed by atoms with Gasteiger partial charge in [-0.05, 0) is 47.6 Å². The molecule has 116 valence electrons. The van der Waals surface area contributed by atoms with Gasteiger partial charge in [0.05, 0.1) is 0 Å². The summed E-state index contributed by atoms with van der Waals surface area (Å²) in [5.41, 5.74) is -0.514. The number of urea groups is 1. The van der Waals surface area contributed by atoms with Crippen LogP contribution in [0.4, 0.5) is 4.79 Å². The van der Waals surface area contributed by atoms with Gasteiger partial charge in [-0.15, -0.1) is 0 Å². The number of nitrogens with one attached hydrogen (secondary N) is 1. The average Bonchev–Trinajstić information content (AvgIpc) is 2.29. The van der Waals surface area contributed by atoms with Gasteiger partial charge >= 0.3 is 12.0 Å². The van der Waals surface area contributed by atoms with Crippen LogP contribution in [0.3, 0.4) is 0 Å². The van der Waals surface area contributed by atoms with E-state index in [4.69, 9.17) is 5.11 Å². The summed E-state index contributed by atoms with van der Waals surface area (Å²) in [5, 5.41) is 11.9. The molecule has 0 saturated carbocycles. The van der Waals surface area contributed by atoms with Crippen molar-refractivity contribution in [2.75, 3.05) is 20.1 Å². The second-order valence-electron chi connectivity index (χ2n) is 6.65. The Labute approximate surface area is 121 Å². The van der Waals surface area contributed by atoms with Crippen LogP contribution < -0.4 is 5.32 Å². The molecule has 0 spiro atoms. The van der Waals surface area contributed by atoms with Crippen molar-refractivity contribution in [3.8, 4) is 0 Å². The SMILES string of the molecule is CC1CC(NC(=O)N(CC(=O)O)C(C)(C)C)CCN1C. The topological polar surface area (TPSA) is 72.9 Å². The Morgan fingerprint density at radius 1 is 1.40 bits per heavy atom. The molecule has 2 unspecified atom stereocenters. The number of carbonyl (C=O) groups excluding carboxylic acids is 1. The van der Waals surface area contributed by atoms with Crippen molar-refractivity contribution < 1.29 is 14.7 Å². The maximum absolute atomic E-state index is 12.3. The predicted molar refractivity (Wildman–Crippen MR) is 77.7 cm³/mol. The molecule has 0 aromatic heterocycles. The van der Waals surface area contributed by atoms with E-state index in [2.05, 4.69) is 24.2 Å². The van der Waals surface area contributed by atoms with Gasteiger partial charge < -0.3 is 20.2 Å². The molecule has 0 aliphatic carbocycles. The number of rotatable bonds is 3. The standard InChI is InChI=1S/C14H27N3O3/c1-10-8-11(6-7-16(10)5)15-13(20)17(9-12(18)19)14(2,3)4/h10-11H,6-9H2,1-5H3,(H,15,20)(H,18,19). The van der Waals surface area contributed by atoms with E-state index in [-0.39, 0.29) is 18.6 Å². The fraction of sp³-hybridized carbons (Fsp3) is 0.857. The minimum absolute atomic E-state index is 0.118.